The maximum atomic E-state index is 10.9. The van der Waals surface area contributed by atoms with Crippen LogP contribution >= 0.6 is 11.6 Å². The largest absolute Gasteiger partial charge is 0.453 e. The maximum Gasteiger partial charge on any atom is 0.406 e. The van der Waals surface area contributed by atoms with Gasteiger partial charge < -0.3 is 15.0 Å². The number of ether oxygens (including phenoxy) is 1. The van der Waals surface area contributed by atoms with E-state index in [2.05, 4.69) is 15.0 Å². The van der Waals surface area contributed by atoms with Crippen molar-refractivity contribution in [2.75, 3.05) is 13.7 Å². The molecule has 0 fully saturated rings. The van der Waals surface area contributed by atoms with Crippen LogP contribution in [0.15, 0.2) is 24.4 Å². The van der Waals surface area contributed by atoms with Crippen LogP contribution in [0.2, 0.25) is 5.02 Å². The van der Waals surface area contributed by atoms with Crippen LogP contribution in [0.1, 0.15) is 5.56 Å². The molecule has 0 saturated heterocycles. The summed E-state index contributed by atoms with van der Waals surface area (Å²) in [4.78, 5) is 14.1. The van der Waals surface area contributed by atoms with E-state index in [1.165, 1.54) is 7.11 Å². The molecule has 1 aromatic heterocycles. The van der Waals surface area contributed by atoms with Crippen LogP contribution in [0.25, 0.3) is 10.9 Å². The Morgan fingerprint density at radius 3 is 3.12 bits per heavy atom. The zero-order valence-electron chi connectivity index (χ0n) is 9.42. The van der Waals surface area contributed by atoms with E-state index in [4.69, 9.17) is 11.6 Å². The fraction of sp³-hybridized carbons (Fsp3) is 0.250. The number of aromatic nitrogens is 1. The molecule has 1 amide bonds. The van der Waals surface area contributed by atoms with Crippen LogP contribution < -0.4 is 5.32 Å². The van der Waals surface area contributed by atoms with E-state index in [1.807, 2.05) is 24.4 Å². The Bertz CT molecular complexity index is 536. The topological polar surface area (TPSA) is 54.1 Å². The lowest BCUT2D eigenvalue weighted by molar-refractivity contribution is 0.171. The molecule has 0 aliphatic heterocycles. The second-order valence-corrected chi connectivity index (χ2v) is 4.05. The minimum absolute atomic E-state index is 0.420. The first-order valence-corrected chi connectivity index (χ1v) is 5.66. The summed E-state index contributed by atoms with van der Waals surface area (Å²) in [6.07, 6.45) is 2.20. The number of hydrogen-bond acceptors (Lipinski definition) is 2. The van der Waals surface area contributed by atoms with Gasteiger partial charge in [0, 0.05) is 23.6 Å². The van der Waals surface area contributed by atoms with Crippen LogP contribution in [-0.4, -0.2) is 24.7 Å². The number of benzene rings is 1. The van der Waals surface area contributed by atoms with Gasteiger partial charge in [-0.3, -0.25) is 0 Å². The molecule has 1 aromatic carbocycles. The molecule has 0 aliphatic rings. The second-order valence-electron chi connectivity index (χ2n) is 3.64. The third kappa shape index (κ3) is 2.53. The van der Waals surface area contributed by atoms with Crippen LogP contribution in [0.3, 0.4) is 0 Å². The molecule has 0 atom stereocenters. The molecule has 90 valence electrons. The van der Waals surface area contributed by atoms with Gasteiger partial charge in [-0.05, 0) is 24.1 Å². The third-order valence-electron chi connectivity index (χ3n) is 2.59. The van der Waals surface area contributed by atoms with Gasteiger partial charge in [-0.25, -0.2) is 4.79 Å². The predicted octanol–water partition coefficient (Wildman–Crippen LogP) is 2.72. The van der Waals surface area contributed by atoms with E-state index in [-0.39, 0.29) is 0 Å². The molecular weight excluding hydrogens is 240 g/mol. The summed E-state index contributed by atoms with van der Waals surface area (Å²) in [5, 5.41) is 4.37. The lowest BCUT2D eigenvalue weighted by atomic mass is 10.1. The first-order chi connectivity index (χ1) is 8.22. The molecular formula is C12H13ClN2O2. The van der Waals surface area contributed by atoms with Gasteiger partial charge in [-0.15, -0.1) is 0 Å². The highest BCUT2D eigenvalue weighted by atomic mass is 35.5. The Balaban J connectivity index is 2.11. The standard InChI is InChI=1S/C12H13ClN2O2/c1-17-12(16)14-6-5-8-7-15-10-4-2-3-9(13)11(8)10/h2-4,7,15H,5-6H2,1H3,(H,14,16). The normalized spacial score (nSPS) is 10.5. The molecule has 0 spiro atoms. The molecule has 0 aliphatic carbocycles. The molecule has 5 heteroatoms. The number of H-pyrrole nitrogens is 1. The molecule has 0 bridgehead atoms. The van der Waals surface area contributed by atoms with Crippen LogP contribution in [0.4, 0.5) is 4.79 Å². The van der Waals surface area contributed by atoms with Crippen molar-refractivity contribution in [1.29, 1.82) is 0 Å². The molecule has 17 heavy (non-hydrogen) atoms. The first kappa shape index (κ1) is 11.8. The zero-order valence-corrected chi connectivity index (χ0v) is 10.2. The molecule has 2 rings (SSSR count). The highest BCUT2D eigenvalue weighted by molar-refractivity contribution is 6.35. The average molecular weight is 253 g/mol. The van der Waals surface area contributed by atoms with Gasteiger partial charge in [0.25, 0.3) is 0 Å². The van der Waals surface area contributed by atoms with E-state index in [0.717, 1.165) is 21.5 Å². The van der Waals surface area contributed by atoms with Crippen molar-refractivity contribution in [2.24, 2.45) is 0 Å². The number of amides is 1. The van der Waals surface area contributed by atoms with Crippen molar-refractivity contribution in [3.63, 3.8) is 0 Å². The summed E-state index contributed by atoms with van der Waals surface area (Å²) in [6.45, 7) is 0.519. The van der Waals surface area contributed by atoms with E-state index < -0.39 is 6.09 Å². The lowest BCUT2D eigenvalue weighted by Gasteiger charge is -2.03. The van der Waals surface area contributed by atoms with Gasteiger partial charge in [0.1, 0.15) is 0 Å². The quantitative estimate of drug-likeness (QED) is 0.883. The Morgan fingerprint density at radius 2 is 2.35 bits per heavy atom. The Hall–Kier alpha value is -1.68. The van der Waals surface area contributed by atoms with Gasteiger partial charge in [0.15, 0.2) is 0 Å². The summed E-state index contributed by atoms with van der Waals surface area (Å²) in [6, 6.07) is 5.73. The minimum atomic E-state index is -0.420. The van der Waals surface area contributed by atoms with Gasteiger partial charge in [0.05, 0.1) is 12.1 Å². The molecule has 4 nitrogen and oxygen atoms in total. The smallest absolute Gasteiger partial charge is 0.406 e. The van der Waals surface area contributed by atoms with Gasteiger partial charge in [0.2, 0.25) is 0 Å². The number of halogens is 1. The van der Waals surface area contributed by atoms with E-state index in [9.17, 15) is 4.79 Å². The van der Waals surface area contributed by atoms with Crippen molar-refractivity contribution >= 4 is 28.6 Å². The van der Waals surface area contributed by atoms with Crippen molar-refractivity contribution in [1.82, 2.24) is 10.3 Å². The highest BCUT2D eigenvalue weighted by Crippen LogP contribution is 2.26. The molecule has 1 heterocycles. The van der Waals surface area contributed by atoms with Crippen molar-refractivity contribution in [2.45, 2.75) is 6.42 Å². The SMILES string of the molecule is COC(=O)NCCc1c[nH]c2cccc(Cl)c12. The monoisotopic (exact) mass is 252 g/mol. The summed E-state index contributed by atoms with van der Waals surface area (Å²) in [7, 11) is 1.35. The average Bonchev–Trinajstić information content (AvgIpc) is 2.74. The number of aromatic amines is 1. The number of hydrogen-bond donors (Lipinski definition) is 2. The Labute approximate surface area is 104 Å². The number of carbonyl (C=O) groups is 1. The zero-order chi connectivity index (χ0) is 12.3. The molecule has 2 aromatic rings. The fourth-order valence-electron chi connectivity index (χ4n) is 1.78. The van der Waals surface area contributed by atoms with Gasteiger partial charge in [-0.1, -0.05) is 17.7 Å². The van der Waals surface area contributed by atoms with Crippen molar-refractivity contribution in [3.8, 4) is 0 Å². The first-order valence-electron chi connectivity index (χ1n) is 5.28. The van der Waals surface area contributed by atoms with Crippen molar-refractivity contribution in [3.05, 3.63) is 35.0 Å². The Kier molecular flexibility index (Phi) is 3.54. The van der Waals surface area contributed by atoms with E-state index in [0.29, 0.717) is 13.0 Å². The Morgan fingerprint density at radius 1 is 1.53 bits per heavy atom. The number of methoxy groups -OCH3 is 1. The molecule has 0 radical (unpaired) electrons. The number of carbonyl (C=O) groups excluding carboxylic acids is 1. The van der Waals surface area contributed by atoms with Crippen molar-refractivity contribution < 1.29 is 9.53 Å². The number of nitrogens with one attached hydrogen (secondary N) is 2. The fourth-order valence-corrected chi connectivity index (χ4v) is 2.07. The summed E-state index contributed by atoms with van der Waals surface area (Å²) in [5.41, 5.74) is 2.09. The highest BCUT2D eigenvalue weighted by Gasteiger charge is 2.07. The number of rotatable bonds is 3. The third-order valence-corrected chi connectivity index (χ3v) is 2.90. The summed E-state index contributed by atoms with van der Waals surface area (Å²) >= 11 is 6.14. The lowest BCUT2D eigenvalue weighted by Crippen LogP contribution is -2.25. The summed E-state index contributed by atoms with van der Waals surface area (Å²) in [5.74, 6) is 0. The van der Waals surface area contributed by atoms with Crippen LogP contribution in [0, 0.1) is 0 Å². The molecule has 0 saturated carbocycles. The van der Waals surface area contributed by atoms with Crippen LogP contribution in [0.5, 0.6) is 0 Å². The maximum absolute atomic E-state index is 10.9. The second kappa shape index (κ2) is 5.10. The van der Waals surface area contributed by atoms with E-state index in [1.54, 1.807) is 0 Å². The van der Waals surface area contributed by atoms with Crippen LogP contribution in [-0.2, 0) is 11.2 Å². The van der Waals surface area contributed by atoms with Gasteiger partial charge >= 0.3 is 6.09 Å². The molecule has 2 N–H and O–H groups in total. The van der Waals surface area contributed by atoms with Gasteiger partial charge in [-0.2, -0.15) is 0 Å². The number of alkyl carbamates (subject to hydrolysis) is 1. The summed E-state index contributed by atoms with van der Waals surface area (Å²) < 4.78 is 4.50. The minimum Gasteiger partial charge on any atom is -0.453 e. The molecule has 0 unspecified atom stereocenters. The van der Waals surface area contributed by atoms with E-state index >= 15 is 0 Å². The predicted molar refractivity (Wildman–Crippen MR) is 67.4 cm³/mol. The number of fused-ring (bicyclic) bond motifs is 1.